The number of fused-ring (bicyclic) bond motifs is 1. The van der Waals surface area contributed by atoms with Crippen LogP contribution in [0.2, 0.25) is 0 Å². The molecule has 0 amide bonds. The molecule has 0 unspecified atom stereocenters. The number of halogens is 1. The van der Waals surface area contributed by atoms with Crippen molar-refractivity contribution in [3.8, 4) is 23.0 Å². The van der Waals surface area contributed by atoms with Crippen molar-refractivity contribution in [2.75, 3.05) is 14.2 Å². The fourth-order valence-electron chi connectivity index (χ4n) is 2.17. The van der Waals surface area contributed by atoms with E-state index < -0.39 is 0 Å². The van der Waals surface area contributed by atoms with Crippen LogP contribution in [0.5, 0.6) is 23.0 Å². The molecule has 1 heterocycles. The molecule has 2 aromatic carbocycles. The highest BCUT2D eigenvalue weighted by molar-refractivity contribution is 5.88. The smallest absolute Gasteiger partial charge is 0.162 e. The first-order valence-corrected chi connectivity index (χ1v) is 6.65. The van der Waals surface area contributed by atoms with Gasteiger partial charge in [0.1, 0.15) is 17.3 Å². The van der Waals surface area contributed by atoms with E-state index in [-0.39, 0.29) is 5.82 Å². The molecule has 1 aromatic heterocycles. The van der Waals surface area contributed by atoms with E-state index in [1.165, 1.54) is 12.1 Å². The lowest BCUT2D eigenvalue weighted by atomic mass is 10.2. The molecule has 0 aliphatic carbocycles. The van der Waals surface area contributed by atoms with E-state index in [4.69, 9.17) is 14.2 Å². The van der Waals surface area contributed by atoms with Crippen LogP contribution >= 0.6 is 0 Å². The predicted molar refractivity (Wildman–Crippen MR) is 81.3 cm³/mol. The molecule has 0 saturated carbocycles. The van der Waals surface area contributed by atoms with Crippen molar-refractivity contribution in [2.45, 2.75) is 0 Å². The summed E-state index contributed by atoms with van der Waals surface area (Å²) in [5.41, 5.74) is 0.720. The lowest BCUT2D eigenvalue weighted by Gasteiger charge is -2.12. The Labute approximate surface area is 127 Å². The van der Waals surface area contributed by atoms with E-state index in [0.717, 1.165) is 10.9 Å². The SMILES string of the molecule is COc1cc2nccc(Oc3ccc(F)cc3)c2cc1OC. The Balaban J connectivity index is 2.07. The number of hydrogen-bond acceptors (Lipinski definition) is 4. The van der Waals surface area contributed by atoms with E-state index in [1.54, 1.807) is 50.7 Å². The van der Waals surface area contributed by atoms with Gasteiger partial charge in [-0.15, -0.1) is 0 Å². The summed E-state index contributed by atoms with van der Waals surface area (Å²) < 4.78 is 29.4. The molecule has 0 spiro atoms. The molecule has 0 aliphatic heterocycles. The Kier molecular flexibility index (Phi) is 3.78. The zero-order valence-electron chi connectivity index (χ0n) is 12.2. The van der Waals surface area contributed by atoms with Crippen molar-refractivity contribution in [3.05, 3.63) is 54.5 Å². The number of ether oxygens (including phenoxy) is 3. The van der Waals surface area contributed by atoms with Gasteiger partial charge in [-0.1, -0.05) is 0 Å². The van der Waals surface area contributed by atoms with Gasteiger partial charge in [0.2, 0.25) is 0 Å². The van der Waals surface area contributed by atoms with Crippen LogP contribution in [-0.4, -0.2) is 19.2 Å². The largest absolute Gasteiger partial charge is 0.493 e. The van der Waals surface area contributed by atoms with Gasteiger partial charge in [-0.25, -0.2) is 4.39 Å². The quantitative estimate of drug-likeness (QED) is 0.724. The molecule has 0 bridgehead atoms. The van der Waals surface area contributed by atoms with Crippen LogP contribution in [0.25, 0.3) is 10.9 Å². The van der Waals surface area contributed by atoms with Crippen LogP contribution < -0.4 is 14.2 Å². The summed E-state index contributed by atoms with van der Waals surface area (Å²) >= 11 is 0. The molecule has 0 saturated heterocycles. The summed E-state index contributed by atoms with van der Waals surface area (Å²) in [4.78, 5) is 4.31. The standard InChI is InChI=1S/C17H14FNO3/c1-20-16-9-13-14(10-17(16)21-2)19-8-7-15(13)22-12-5-3-11(18)4-6-12/h3-10H,1-2H3. The zero-order valence-corrected chi connectivity index (χ0v) is 12.2. The monoisotopic (exact) mass is 299 g/mol. The second-order valence-electron chi connectivity index (χ2n) is 4.59. The maximum atomic E-state index is 13.0. The predicted octanol–water partition coefficient (Wildman–Crippen LogP) is 4.18. The number of rotatable bonds is 4. The first kappa shape index (κ1) is 14.1. The Hall–Kier alpha value is -2.82. The summed E-state index contributed by atoms with van der Waals surface area (Å²) in [6, 6.07) is 11.2. The fraction of sp³-hybridized carbons (Fsp3) is 0.118. The number of benzene rings is 2. The average molecular weight is 299 g/mol. The highest BCUT2D eigenvalue weighted by Gasteiger charge is 2.11. The van der Waals surface area contributed by atoms with Gasteiger partial charge < -0.3 is 14.2 Å². The van der Waals surface area contributed by atoms with E-state index in [0.29, 0.717) is 23.0 Å². The minimum Gasteiger partial charge on any atom is -0.493 e. The maximum absolute atomic E-state index is 13.0. The summed E-state index contributed by atoms with van der Waals surface area (Å²) in [6.45, 7) is 0. The van der Waals surface area contributed by atoms with Crippen LogP contribution in [0.4, 0.5) is 4.39 Å². The van der Waals surface area contributed by atoms with Gasteiger partial charge >= 0.3 is 0 Å². The molecule has 0 aliphatic rings. The van der Waals surface area contributed by atoms with Crippen molar-refractivity contribution in [3.63, 3.8) is 0 Å². The lowest BCUT2D eigenvalue weighted by Crippen LogP contribution is -1.93. The molecular weight excluding hydrogens is 285 g/mol. The topological polar surface area (TPSA) is 40.6 Å². The van der Waals surface area contributed by atoms with E-state index in [9.17, 15) is 4.39 Å². The molecule has 0 radical (unpaired) electrons. The first-order chi connectivity index (χ1) is 10.7. The third kappa shape index (κ3) is 2.65. The zero-order chi connectivity index (χ0) is 15.5. The average Bonchev–Trinajstić information content (AvgIpc) is 2.56. The van der Waals surface area contributed by atoms with Crippen molar-refractivity contribution >= 4 is 10.9 Å². The van der Waals surface area contributed by atoms with Gasteiger partial charge in [-0.3, -0.25) is 4.98 Å². The van der Waals surface area contributed by atoms with E-state index >= 15 is 0 Å². The Bertz CT molecular complexity index is 803. The second kappa shape index (κ2) is 5.89. The third-order valence-electron chi connectivity index (χ3n) is 3.25. The van der Waals surface area contributed by atoms with Gasteiger partial charge in [-0.2, -0.15) is 0 Å². The van der Waals surface area contributed by atoms with Crippen molar-refractivity contribution in [1.82, 2.24) is 4.98 Å². The fourth-order valence-corrected chi connectivity index (χ4v) is 2.17. The van der Waals surface area contributed by atoms with Crippen LogP contribution in [-0.2, 0) is 0 Å². The number of pyridine rings is 1. The first-order valence-electron chi connectivity index (χ1n) is 6.65. The summed E-state index contributed by atoms with van der Waals surface area (Å²) in [6.07, 6.45) is 1.65. The van der Waals surface area contributed by atoms with Gasteiger partial charge in [0.25, 0.3) is 0 Å². The molecule has 3 aromatic rings. The number of methoxy groups -OCH3 is 2. The number of aromatic nitrogens is 1. The van der Waals surface area contributed by atoms with Gasteiger partial charge in [-0.05, 0) is 36.4 Å². The normalized spacial score (nSPS) is 10.5. The minimum absolute atomic E-state index is 0.307. The summed E-state index contributed by atoms with van der Waals surface area (Å²) in [5.74, 6) is 2.04. The number of hydrogen-bond donors (Lipinski definition) is 0. The molecule has 22 heavy (non-hydrogen) atoms. The molecule has 0 atom stereocenters. The summed E-state index contributed by atoms with van der Waals surface area (Å²) in [5, 5.41) is 0.782. The Morgan fingerprint density at radius 3 is 2.23 bits per heavy atom. The van der Waals surface area contributed by atoms with Crippen molar-refractivity contribution in [2.24, 2.45) is 0 Å². The molecule has 0 fully saturated rings. The maximum Gasteiger partial charge on any atom is 0.162 e. The van der Waals surface area contributed by atoms with Crippen LogP contribution in [0.3, 0.4) is 0 Å². The molecular formula is C17H14FNO3. The number of nitrogens with zero attached hydrogens (tertiary/aromatic N) is 1. The highest BCUT2D eigenvalue weighted by Crippen LogP contribution is 2.36. The van der Waals surface area contributed by atoms with Gasteiger partial charge in [0.15, 0.2) is 11.5 Å². The van der Waals surface area contributed by atoms with Gasteiger partial charge in [0.05, 0.1) is 19.7 Å². The third-order valence-corrected chi connectivity index (χ3v) is 3.25. The van der Waals surface area contributed by atoms with Crippen LogP contribution in [0.1, 0.15) is 0 Å². The van der Waals surface area contributed by atoms with Crippen molar-refractivity contribution < 1.29 is 18.6 Å². The van der Waals surface area contributed by atoms with Crippen LogP contribution in [0, 0.1) is 5.82 Å². The highest BCUT2D eigenvalue weighted by atomic mass is 19.1. The summed E-state index contributed by atoms with van der Waals surface area (Å²) in [7, 11) is 3.14. The van der Waals surface area contributed by atoms with Gasteiger partial charge in [0, 0.05) is 17.6 Å². The van der Waals surface area contributed by atoms with E-state index in [2.05, 4.69) is 4.98 Å². The Morgan fingerprint density at radius 1 is 0.864 bits per heavy atom. The lowest BCUT2D eigenvalue weighted by molar-refractivity contribution is 0.355. The molecule has 0 N–H and O–H groups in total. The molecule has 5 heteroatoms. The Morgan fingerprint density at radius 2 is 1.55 bits per heavy atom. The van der Waals surface area contributed by atoms with E-state index in [1.807, 2.05) is 0 Å². The second-order valence-corrected chi connectivity index (χ2v) is 4.59. The molecule has 4 nitrogen and oxygen atoms in total. The van der Waals surface area contributed by atoms with Crippen molar-refractivity contribution in [1.29, 1.82) is 0 Å². The minimum atomic E-state index is -0.307. The van der Waals surface area contributed by atoms with Crippen LogP contribution in [0.15, 0.2) is 48.7 Å². The molecule has 3 rings (SSSR count). The molecule has 112 valence electrons.